The molecule has 25 heavy (non-hydrogen) atoms. The molecular weight excluding hydrogens is 320 g/mol. The number of hydrogen-bond acceptors (Lipinski definition) is 5. The minimum atomic E-state index is -0.590. The largest absolute Gasteiger partial charge is 0.458 e. The van der Waals surface area contributed by atoms with Crippen LogP contribution in [-0.4, -0.2) is 30.4 Å². The van der Waals surface area contributed by atoms with Crippen LogP contribution in [0.4, 0.5) is 0 Å². The minimum Gasteiger partial charge on any atom is -0.458 e. The second-order valence-electron chi connectivity index (χ2n) is 6.84. The van der Waals surface area contributed by atoms with Crippen LogP contribution in [0.15, 0.2) is 34.9 Å². The molecule has 0 bridgehead atoms. The Labute approximate surface area is 148 Å². The first-order chi connectivity index (χ1) is 11.9. The second kappa shape index (κ2) is 8.28. The van der Waals surface area contributed by atoms with E-state index in [-0.39, 0.29) is 11.9 Å². The lowest BCUT2D eigenvalue weighted by molar-refractivity contribution is -0.148. The second-order valence-corrected chi connectivity index (χ2v) is 6.84. The number of allylic oxidation sites excluding steroid dienone is 3. The smallest absolute Gasteiger partial charge is 0.333 e. The van der Waals surface area contributed by atoms with E-state index < -0.39 is 24.1 Å². The van der Waals surface area contributed by atoms with Crippen molar-refractivity contribution in [2.75, 3.05) is 0 Å². The third-order valence-electron chi connectivity index (χ3n) is 5.01. The first-order valence-electron chi connectivity index (χ1n) is 8.73. The van der Waals surface area contributed by atoms with E-state index in [1.54, 1.807) is 26.8 Å². The van der Waals surface area contributed by atoms with E-state index in [0.29, 0.717) is 17.6 Å². The predicted octanol–water partition coefficient (Wildman–Crippen LogP) is 3.30. The Morgan fingerprint density at radius 2 is 2.12 bits per heavy atom. The van der Waals surface area contributed by atoms with Gasteiger partial charge >= 0.3 is 11.9 Å². The lowest BCUT2D eigenvalue weighted by Gasteiger charge is -2.28. The van der Waals surface area contributed by atoms with E-state index >= 15 is 0 Å². The van der Waals surface area contributed by atoms with Crippen LogP contribution in [0, 0.1) is 11.8 Å². The van der Waals surface area contributed by atoms with Crippen molar-refractivity contribution in [2.24, 2.45) is 11.8 Å². The van der Waals surface area contributed by atoms with Crippen molar-refractivity contribution >= 4 is 18.2 Å². The molecule has 0 N–H and O–H groups in total. The zero-order valence-electron chi connectivity index (χ0n) is 15.3. The number of carbonyl (C=O) groups excluding carboxylic acids is 3. The first-order valence-corrected chi connectivity index (χ1v) is 8.73. The van der Waals surface area contributed by atoms with Gasteiger partial charge in [-0.2, -0.15) is 0 Å². The first kappa shape index (κ1) is 19.2. The molecule has 0 saturated carbocycles. The maximum absolute atomic E-state index is 12.3. The topological polar surface area (TPSA) is 69.7 Å². The predicted molar refractivity (Wildman–Crippen MR) is 93.6 cm³/mol. The van der Waals surface area contributed by atoms with Crippen LogP contribution < -0.4 is 0 Å². The Morgan fingerprint density at radius 1 is 1.40 bits per heavy atom. The molecule has 5 heteroatoms. The number of fused-ring (bicyclic) bond motifs is 1. The highest BCUT2D eigenvalue weighted by atomic mass is 16.6. The monoisotopic (exact) mass is 346 g/mol. The summed E-state index contributed by atoms with van der Waals surface area (Å²) in [7, 11) is 0. The fraction of sp³-hybridized carbons (Fsp3) is 0.550. The van der Waals surface area contributed by atoms with E-state index in [4.69, 9.17) is 9.47 Å². The summed E-state index contributed by atoms with van der Waals surface area (Å²) in [6, 6.07) is 0. The Bertz CT molecular complexity index is 640. The highest BCUT2D eigenvalue weighted by Crippen LogP contribution is 2.37. The highest BCUT2D eigenvalue weighted by Gasteiger charge is 2.47. The Morgan fingerprint density at radius 3 is 2.76 bits per heavy atom. The van der Waals surface area contributed by atoms with Gasteiger partial charge in [-0.3, -0.25) is 9.59 Å². The number of ether oxygens (including phenoxy) is 2. The summed E-state index contributed by atoms with van der Waals surface area (Å²) in [5.74, 6) is -1.43. The quantitative estimate of drug-likeness (QED) is 0.339. The van der Waals surface area contributed by atoms with E-state index in [1.165, 1.54) is 0 Å². The molecule has 2 rings (SSSR count). The molecule has 5 nitrogen and oxygen atoms in total. The summed E-state index contributed by atoms with van der Waals surface area (Å²) in [6.07, 6.45) is 7.12. The zero-order chi connectivity index (χ0) is 18.6. The van der Waals surface area contributed by atoms with E-state index in [2.05, 4.69) is 0 Å². The van der Waals surface area contributed by atoms with Gasteiger partial charge in [0, 0.05) is 12.0 Å². The molecule has 0 aromatic rings. The van der Waals surface area contributed by atoms with Gasteiger partial charge in [0.2, 0.25) is 0 Å². The van der Waals surface area contributed by atoms with Crippen LogP contribution >= 0.6 is 0 Å². The average Bonchev–Trinajstić information content (AvgIpc) is 2.85. The van der Waals surface area contributed by atoms with Gasteiger partial charge in [-0.1, -0.05) is 24.6 Å². The maximum atomic E-state index is 12.3. The highest BCUT2D eigenvalue weighted by molar-refractivity contribution is 5.88. The normalized spacial score (nSPS) is 34.7. The van der Waals surface area contributed by atoms with E-state index in [1.807, 2.05) is 19.1 Å². The molecule has 0 spiro atoms. The zero-order valence-corrected chi connectivity index (χ0v) is 15.3. The average molecular weight is 346 g/mol. The van der Waals surface area contributed by atoms with E-state index in [0.717, 1.165) is 24.7 Å². The van der Waals surface area contributed by atoms with Crippen molar-refractivity contribution in [2.45, 2.75) is 59.2 Å². The van der Waals surface area contributed by atoms with Gasteiger partial charge in [-0.25, -0.2) is 4.79 Å². The van der Waals surface area contributed by atoms with Gasteiger partial charge in [0.25, 0.3) is 0 Å². The molecule has 4 atom stereocenters. The SMILES string of the molecule is C/C=C(\C)C(=O)O[C@@H]1C/C(C=O)=C\CC/C(C)=C/[C@H]2OC(=O)[C@@H](C)[C@@H]21. The molecule has 0 radical (unpaired) electrons. The molecule has 0 aromatic carbocycles. The molecule has 136 valence electrons. The molecule has 0 aromatic heterocycles. The molecule has 0 amide bonds. The van der Waals surface area contributed by atoms with Crippen molar-refractivity contribution in [1.29, 1.82) is 0 Å². The molecule has 1 aliphatic heterocycles. The molecule has 1 aliphatic carbocycles. The maximum Gasteiger partial charge on any atom is 0.333 e. The third kappa shape index (κ3) is 4.47. The fourth-order valence-corrected chi connectivity index (χ4v) is 3.31. The van der Waals surface area contributed by atoms with Crippen LogP contribution in [0.2, 0.25) is 0 Å². The van der Waals surface area contributed by atoms with Gasteiger partial charge < -0.3 is 9.47 Å². The third-order valence-corrected chi connectivity index (χ3v) is 5.01. The Kier molecular flexibility index (Phi) is 6.34. The summed E-state index contributed by atoms with van der Waals surface area (Å²) >= 11 is 0. The van der Waals surface area contributed by atoms with Gasteiger partial charge in [-0.15, -0.1) is 0 Å². The van der Waals surface area contributed by atoms with Gasteiger partial charge in [0.05, 0.1) is 11.8 Å². The number of carbonyl (C=O) groups is 3. The van der Waals surface area contributed by atoms with Crippen LogP contribution in [0.5, 0.6) is 0 Å². The summed E-state index contributed by atoms with van der Waals surface area (Å²) in [4.78, 5) is 35.9. The van der Waals surface area contributed by atoms with Crippen molar-refractivity contribution in [3.05, 3.63) is 34.9 Å². The van der Waals surface area contributed by atoms with E-state index in [9.17, 15) is 14.4 Å². The van der Waals surface area contributed by atoms with Crippen LogP contribution in [0.3, 0.4) is 0 Å². The molecule has 1 saturated heterocycles. The summed E-state index contributed by atoms with van der Waals surface area (Å²) in [5.41, 5.74) is 2.18. The standard InChI is InChI=1S/C20H26O5/c1-5-13(3)19(22)24-17-10-15(11-21)8-6-7-12(2)9-16-18(17)14(4)20(23)25-16/h5,8-9,11,14,16-18H,6-7,10H2,1-4H3/b12-9+,13-5+,15-8+/t14-,16+,17+,18-/m0/s1. The molecule has 2 aliphatic rings. The number of esters is 2. The molecular formula is C20H26O5. The number of aldehydes is 1. The van der Waals surface area contributed by atoms with Crippen LogP contribution in [-0.2, 0) is 23.9 Å². The Hall–Kier alpha value is -2.17. The fourth-order valence-electron chi connectivity index (χ4n) is 3.31. The van der Waals surface area contributed by atoms with Crippen molar-refractivity contribution < 1.29 is 23.9 Å². The molecule has 1 fully saturated rings. The van der Waals surface area contributed by atoms with Gasteiger partial charge in [-0.05, 0) is 45.3 Å². The summed E-state index contributed by atoms with van der Waals surface area (Å²) in [6.45, 7) is 7.21. The van der Waals surface area contributed by atoms with Crippen molar-refractivity contribution in [3.63, 3.8) is 0 Å². The molecule has 1 heterocycles. The lowest BCUT2D eigenvalue weighted by Crippen LogP contribution is -2.36. The number of hydrogen-bond donors (Lipinski definition) is 0. The molecule has 0 unspecified atom stereocenters. The van der Waals surface area contributed by atoms with Crippen molar-refractivity contribution in [3.8, 4) is 0 Å². The minimum absolute atomic E-state index is 0.293. The Balaban J connectivity index is 2.40. The summed E-state index contributed by atoms with van der Waals surface area (Å²) < 4.78 is 11.2. The summed E-state index contributed by atoms with van der Waals surface area (Å²) in [5, 5.41) is 0. The van der Waals surface area contributed by atoms with Crippen molar-refractivity contribution in [1.82, 2.24) is 0 Å². The number of rotatable bonds is 3. The van der Waals surface area contributed by atoms with Gasteiger partial charge in [0.1, 0.15) is 18.5 Å². The van der Waals surface area contributed by atoms with Crippen LogP contribution in [0.25, 0.3) is 0 Å². The van der Waals surface area contributed by atoms with Gasteiger partial charge in [0.15, 0.2) is 0 Å². The lowest BCUT2D eigenvalue weighted by atomic mass is 9.82. The van der Waals surface area contributed by atoms with Crippen LogP contribution in [0.1, 0.15) is 47.0 Å².